The van der Waals surface area contributed by atoms with Crippen LogP contribution >= 0.6 is 0 Å². The molecular formula is C22H25N3O5. The van der Waals surface area contributed by atoms with Crippen molar-refractivity contribution in [2.24, 2.45) is 0 Å². The first-order valence-corrected chi connectivity index (χ1v) is 9.74. The van der Waals surface area contributed by atoms with Crippen LogP contribution in [0.4, 0.5) is 0 Å². The van der Waals surface area contributed by atoms with Gasteiger partial charge in [-0.15, -0.1) is 0 Å². The first-order chi connectivity index (χ1) is 14.3. The minimum atomic E-state index is -0.527. The van der Waals surface area contributed by atoms with Crippen LogP contribution in [0.25, 0.3) is 11.1 Å². The lowest BCUT2D eigenvalue weighted by Crippen LogP contribution is -2.44. The summed E-state index contributed by atoms with van der Waals surface area (Å²) in [6.07, 6.45) is -0.0000506. The number of aryl methyl sites for hydroxylation is 2. The van der Waals surface area contributed by atoms with Gasteiger partial charge in [-0.1, -0.05) is 38.1 Å². The summed E-state index contributed by atoms with van der Waals surface area (Å²) in [6, 6.07) is 12.8. The van der Waals surface area contributed by atoms with Gasteiger partial charge in [0.05, 0.1) is 5.52 Å². The van der Waals surface area contributed by atoms with Crippen molar-refractivity contribution in [3.63, 3.8) is 0 Å². The number of ether oxygens (including phenoxy) is 1. The lowest BCUT2D eigenvalue weighted by Gasteiger charge is -2.15. The lowest BCUT2D eigenvalue weighted by molar-refractivity contribution is -0.130. The largest absolute Gasteiger partial charge is 0.483 e. The Bertz CT molecular complexity index is 1110. The molecule has 3 aromatic rings. The van der Waals surface area contributed by atoms with Gasteiger partial charge in [0.25, 0.3) is 5.91 Å². The number of hydrazine groups is 1. The number of amides is 2. The second-order valence-corrected chi connectivity index (χ2v) is 7.32. The van der Waals surface area contributed by atoms with Crippen LogP contribution < -0.4 is 21.3 Å². The molecule has 2 N–H and O–H groups in total. The SMILES string of the molecule is Cc1ccc(C(C)C)c(OCC(=O)NNC(=O)CCn2c(=O)oc3ccccc32)c1. The van der Waals surface area contributed by atoms with E-state index in [1.807, 2.05) is 39.0 Å². The molecule has 0 radical (unpaired) electrons. The molecule has 0 saturated heterocycles. The van der Waals surface area contributed by atoms with Crippen LogP contribution in [0.15, 0.2) is 51.7 Å². The van der Waals surface area contributed by atoms with Crippen molar-refractivity contribution >= 4 is 22.9 Å². The molecule has 1 heterocycles. The number of nitrogens with zero attached hydrogens (tertiary/aromatic N) is 1. The summed E-state index contributed by atoms with van der Waals surface area (Å²) in [7, 11) is 0. The van der Waals surface area contributed by atoms with Gasteiger partial charge in [-0.2, -0.15) is 0 Å². The Balaban J connectivity index is 1.48. The Morgan fingerprint density at radius 1 is 1.10 bits per heavy atom. The number of aromatic nitrogens is 1. The summed E-state index contributed by atoms with van der Waals surface area (Å²) in [6.45, 7) is 5.95. The molecular weight excluding hydrogens is 386 g/mol. The van der Waals surface area contributed by atoms with Crippen LogP contribution in [0.2, 0.25) is 0 Å². The number of carbonyl (C=O) groups is 2. The number of carbonyl (C=O) groups excluding carboxylic acids is 2. The average molecular weight is 411 g/mol. The van der Waals surface area contributed by atoms with Crippen LogP contribution in [0, 0.1) is 6.92 Å². The summed E-state index contributed by atoms with van der Waals surface area (Å²) in [5.74, 6) is -0.534. The molecule has 3 rings (SSSR count). The first kappa shape index (κ1) is 21.2. The molecule has 0 bridgehead atoms. The molecule has 0 spiro atoms. The molecule has 0 aliphatic heterocycles. The van der Waals surface area contributed by atoms with Gasteiger partial charge in [0, 0.05) is 13.0 Å². The van der Waals surface area contributed by atoms with Crippen LogP contribution in [-0.2, 0) is 16.1 Å². The lowest BCUT2D eigenvalue weighted by atomic mass is 10.0. The van der Waals surface area contributed by atoms with Crippen molar-refractivity contribution in [3.8, 4) is 5.75 Å². The molecule has 8 nitrogen and oxygen atoms in total. The maximum Gasteiger partial charge on any atom is 0.419 e. The molecule has 1 aromatic heterocycles. The standard InChI is InChI=1S/C22H25N3O5/c1-14(2)16-9-8-15(3)12-19(16)29-13-21(27)24-23-20(26)10-11-25-17-6-4-5-7-18(17)30-22(25)28/h4-9,12,14H,10-11,13H2,1-3H3,(H,23,26)(H,24,27). The van der Waals surface area contributed by atoms with E-state index in [1.54, 1.807) is 24.3 Å². The Morgan fingerprint density at radius 2 is 1.83 bits per heavy atom. The van der Waals surface area contributed by atoms with Crippen LogP contribution in [-0.4, -0.2) is 23.0 Å². The number of nitrogens with one attached hydrogen (secondary N) is 2. The van der Waals surface area contributed by atoms with Crippen molar-refractivity contribution in [1.82, 2.24) is 15.4 Å². The number of oxazole rings is 1. The Labute approximate surface area is 173 Å². The number of rotatable bonds is 7. The summed E-state index contributed by atoms with van der Waals surface area (Å²) < 4.78 is 12.1. The van der Waals surface area contributed by atoms with E-state index in [9.17, 15) is 14.4 Å². The molecule has 0 fully saturated rings. The second-order valence-electron chi connectivity index (χ2n) is 7.32. The second kappa shape index (κ2) is 9.30. The normalized spacial score (nSPS) is 10.9. The van der Waals surface area contributed by atoms with E-state index in [4.69, 9.17) is 9.15 Å². The zero-order valence-corrected chi connectivity index (χ0v) is 17.2. The molecule has 2 amide bonds. The molecule has 0 atom stereocenters. The van der Waals surface area contributed by atoms with Crippen LogP contribution in [0.3, 0.4) is 0 Å². The van der Waals surface area contributed by atoms with Crippen molar-refractivity contribution in [2.45, 2.75) is 39.7 Å². The number of hydrogen-bond donors (Lipinski definition) is 2. The molecule has 0 aliphatic rings. The summed E-state index contributed by atoms with van der Waals surface area (Å²) >= 11 is 0. The highest BCUT2D eigenvalue weighted by Crippen LogP contribution is 2.27. The van der Waals surface area contributed by atoms with Gasteiger partial charge in [-0.3, -0.25) is 25.0 Å². The molecule has 2 aromatic carbocycles. The van der Waals surface area contributed by atoms with E-state index in [0.29, 0.717) is 16.8 Å². The van der Waals surface area contributed by atoms with Gasteiger partial charge in [-0.25, -0.2) is 4.79 Å². The summed E-state index contributed by atoms with van der Waals surface area (Å²) in [4.78, 5) is 36.0. The molecule has 8 heteroatoms. The fraction of sp³-hybridized carbons (Fsp3) is 0.318. The Kier molecular flexibility index (Phi) is 6.56. The first-order valence-electron chi connectivity index (χ1n) is 9.74. The summed E-state index contributed by atoms with van der Waals surface area (Å²) in [5, 5.41) is 0. The quantitative estimate of drug-likeness (QED) is 0.582. The zero-order valence-electron chi connectivity index (χ0n) is 17.2. The molecule has 158 valence electrons. The van der Waals surface area contributed by atoms with E-state index >= 15 is 0 Å². The highest BCUT2D eigenvalue weighted by atomic mass is 16.5. The third kappa shape index (κ3) is 5.08. The van der Waals surface area contributed by atoms with Gasteiger partial charge in [0.1, 0.15) is 5.75 Å². The zero-order chi connectivity index (χ0) is 21.7. The predicted octanol–water partition coefficient (Wildman–Crippen LogP) is 2.64. The highest BCUT2D eigenvalue weighted by Gasteiger charge is 2.13. The minimum absolute atomic E-state index is 0.0000506. The molecule has 0 aliphatic carbocycles. The maximum atomic E-state index is 12.0. The van der Waals surface area contributed by atoms with E-state index in [-0.39, 0.29) is 25.5 Å². The maximum absolute atomic E-state index is 12.0. The van der Waals surface area contributed by atoms with Crippen molar-refractivity contribution in [2.75, 3.05) is 6.61 Å². The van der Waals surface area contributed by atoms with E-state index in [1.165, 1.54) is 4.57 Å². The third-order valence-electron chi connectivity index (χ3n) is 4.63. The van der Waals surface area contributed by atoms with Gasteiger partial charge >= 0.3 is 5.76 Å². The van der Waals surface area contributed by atoms with E-state index in [2.05, 4.69) is 10.9 Å². The number of hydrogen-bond acceptors (Lipinski definition) is 5. The smallest absolute Gasteiger partial charge is 0.419 e. The fourth-order valence-electron chi connectivity index (χ4n) is 3.06. The van der Waals surface area contributed by atoms with Crippen molar-refractivity contribution in [3.05, 3.63) is 64.1 Å². The average Bonchev–Trinajstić information content (AvgIpc) is 3.03. The Morgan fingerprint density at radius 3 is 2.60 bits per heavy atom. The van der Waals surface area contributed by atoms with Crippen molar-refractivity contribution < 1.29 is 18.7 Å². The van der Waals surface area contributed by atoms with E-state index < -0.39 is 17.6 Å². The minimum Gasteiger partial charge on any atom is -0.483 e. The van der Waals surface area contributed by atoms with Crippen LogP contribution in [0.1, 0.15) is 37.3 Å². The fourth-order valence-corrected chi connectivity index (χ4v) is 3.06. The number of benzene rings is 2. The van der Waals surface area contributed by atoms with Crippen LogP contribution in [0.5, 0.6) is 5.75 Å². The molecule has 0 saturated carbocycles. The topological polar surface area (TPSA) is 103 Å². The monoisotopic (exact) mass is 411 g/mol. The number of para-hydroxylation sites is 2. The van der Waals surface area contributed by atoms with Crippen molar-refractivity contribution in [1.29, 1.82) is 0 Å². The predicted molar refractivity (Wildman–Crippen MR) is 112 cm³/mol. The Hall–Kier alpha value is -3.55. The summed E-state index contributed by atoms with van der Waals surface area (Å²) in [5.41, 5.74) is 7.78. The van der Waals surface area contributed by atoms with Gasteiger partial charge < -0.3 is 9.15 Å². The van der Waals surface area contributed by atoms with Gasteiger partial charge in [0.15, 0.2) is 12.2 Å². The highest BCUT2D eigenvalue weighted by molar-refractivity contribution is 5.82. The number of fused-ring (bicyclic) bond motifs is 1. The molecule has 30 heavy (non-hydrogen) atoms. The van der Waals surface area contributed by atoms with E-state index in [0.717, 1.165) is 11.1 Å². The van der Waals surface area contributed by atoms with Gasteiger partial charge in [0.2, 0.25) is 5.91 Å². The molecule has 0 unspecified atom stereocenters. The third-order valence-corrected chi connectivity index (χ3v) is 4.63. The van der Waals surface area contributed by atoms with Gasteiger partial charge in [-0.05, 0) is 42.2 Å².